The molecule has 2 aromatic carbocycles. The molecule has 4 nitrogen and oxygen atoms in total. The molecular weight excluding hydrogens is 324 g/mol. The fourth-order valence-electron chi connectivity index (χ4n) is 2.43. The third-order valence-corrected chi connectivity index (χ3v) is 3.70. The molecule has 0 saturated carbocycles. The summed E-state index contributed by atoms with van der Waals surface area (Å²) in [6.07, 6.45) is 0. The van der Waals surface area contributed by atoms with Crippen LogP contribution in [0.15, 0.2) is 41.2 Å². The number of aromatic nitrogens is 2. The van der Waals surface area contributed by atoms with Crippen molar-refractivity contribution < 1.29 is 8.78 Å². The molecule has 0 fully saturated rings. The third-order valence-electron chi connectivity index (χ3n) is 3.39. The smallest absolute Gasteiger partial charge is 0.267 e. The molecule has 23 heavy (non-hydrogen) atoms. The lowest BCUT2D eigenvalue weighted by Crippen LogP contribution is -2.27. The Bertz CT molecular complexity index is 949. The molecule has 0 aliphatic carbocycles. The van der Waals surface area contributed by atoms with Crippen molar-refractivity contribution in [2.24, 2.45) is 5.73 Å². The van der Waals surface area contributed by atoms with Gasteiger partial charge in [-0.05, 0) is 31.2 Å². The van der Waals surface area contributed by atoms with Gasteiger partial charge in [0, 0.05) is 6.07 Å². The zero-order chi connectivity index (χ0) is 16.7. The second-order valence-electron chi connectivity index (χ2n) is 5.16. The Morgan fingerprint density at radius 1 is 1.22 bits per heavy atom. The standard InChI is InChI=1S/C16H12ClF2N3O/c1-8(20)15-21-13-4-2-3-12(17)14(13)16(23)22(15)11-6-9(18)5-10(19)7-11/h2-8H,20H2,1H3. The molecule has 0 saturated heterocycles. The van der Waals surface area contributed by atoms with Gasteiger partial charge in [-0.15, -0.1) is 0 Å². The van der Waals surface area contributed by atoms with E-state index in [-0.39, 0.29) is 21.9 Å². The largest absolute Gasteiger partial charge is 0.322 e. The van der Waals surface area contributed by atoms with Crippen LogP contribution in [0, 0.1) is 11.6 Å². The van der Waals surface area contributed by atoms with Crippen molar-refractivity contribution in [3.05, 3.63) is 69.2 Å². The monoisotopic (exact) mass is 335 g/mol. The summed E-state index contributed by atoms with van der Waals surface area (Å²) < 4.78 is 28.2. The van der Waals surface area contributed by atoms with Crippen molar-refractivity contribution in [3.8, 4) is 5.69 Å². The summed E-state index contributed by atoms with van der Waals surface area (Å²) >= 11 is 6.08. The van der Waals surface area contributed by atoms with Gasteiger partial charge in [0.05, 0.1) is 27.7 Å². The maximum Gasteiger partial charge on any atom is 0.267 e. The number of halogens is 3. The molecule has 118 valence electrons. The lowest BCUT2D eigenvalue weighted by molar-refractivity contribution is 0.579. The van der Waals surface area contributed by atoms with Gasteiger partial charge in [-0.2, -0.15) is 0 Å². The molecule has 1 heterocycles. The van der Waals surface area contributed by atoms with E-state index < -0.39 is 23.2 Å². The Morgan fingerprint density at radius 2 is 1.87 bits per heavy atom. The van der Waals surface area contributed by atoms with Crippen LogP contribution in [-0.2, 0) is 0 Å². The quantitative estimate of drug-likeness (QED) is 0.781. The molecule has 0 radical (unpaired) electrons. The molecule has 2 N–H and O–H groups in total. The molecular formula is C16H12ClF2N3O. The van der Waals surface area contributed by atoms with Crippen LogP contribution in [0.3, 0.4) is 0 Å². The Kier molecular flexibility index (Phi) is 3.87. The topological polar surface area (TPSA) is 60.9 Å². The van der Waals surface area contributed by atoms with Crippen LogP contribution in [-0.4, -0.2) is 9.55 Å². The van der Waals surface area contributed by atoms with Crippen LogP contribution in [0.1, 0.15) is 18.8 Å². The summed E-state index contributed by atoms with van der Waals surface area (Å²) in [5.41, 5.74) is 5.74. The van der Waals surface area contributed by atoms with Crippen molar-refractivity contribution >= 4 is 22.5 Å². The Morgan fingerprint density at radius 3 is 2.48 bits per heavy atom. The highest BCUT2D eigenvalue weighted by Gasteiger charge is 2.18. The first-order chi connectivity index (χ1) is 10.9. The summed E-state index contributed by atoms with van der Waals surface area (Å²) in [5.74, 6) is -1.42. The minimum atomic E-state index is -0.804. The number of rotatable bonds is 2. The first kappa shape index (κ1) is 15.6. The second-order valence-corrected chi connectivity index (χ2v) is 5.57. The Balaban J connectivity index is 2.47. The summed E-state index contributed by atoms with van der Waals surface area (Å²) in [6, 6.07) is 7.02. The van der Waals surface area contributed by atoms with Crippen LogP contribution in [0.25, 0.3) is 16.6 Å². The average Bonchev–Trinajstić information content (AvgIpc) is 2.45. The molecule has 0 spiro atoms. The SMILES string of the molecule is CC(N)c1nc2cccc(Cl)c2c(=O)n1-c1cc(F)cc(F)c1. The molecule has 0 amide bonds. The van der Waals surface area contributed by atoms with E-state index >= 15 is 0 Å². The molecule has 1 atom stereocenters. The lowest BCUT2D eigenvalue weighted by Gasteiger charge is -2.16. The van der Waals surface area contributed by atoms with Crippen molar-refractivity contribution in [2.75, 3.05) is 0 Å². The zero-order valence-electron chi connectivity index (χ0n) is 12.1. The van der Waals surface area contributed by atoms with E-state index in [1.807, 2.05) is 0 Å². The maximum atomic E-state index is 13.5. The van der Waals surface area contributed by atoms with Crippen LogP contribution in [0.4, 0.5) is 8.78 Å². The van der Waals surface area contributed by atoms with Crippen molar-refractivity contribution in [1.82, 2.24) is 9.55 Å². The van der Waals surface area contributed by atoms with Crippen molar-refractivity contribution in [2.45, 2.75) is 13.0 Å². The van der Waals surface area contributed by atoms with Gasteiger partial charge in [0.15, 0.2) is 0 Å². The summed E-state index contributed by atoms with van der Waals surface area (Å²) in [6.45, 7) is 1.63. The van der Waals surface area contributed by atoms with E-state index in [4.69, 9.17) is 17.3 Å². The van der Waals surface area contributed by atoms with Crippen LogP contribution in [0.2, 0.25) is 5.02 Å². The molecule has 1 aromatic heterocycles. The van der Waals surface area contributed by atoms with E-state index in [9.17, 15) is 13.6 Å². The van der Waals surface area contributed by atoms with Gasteiger partial charge in [0.2, 0.25) is 0 Å². The van der Waals surface area contributed by atoms with Gasteiger partial charge in [0.1, 0.15) is 17.5 Å². The summed E-state index contributed by atoms with van der Waals surface area (Å²) in [5, 5.41) is 0.380. The number of nitrogens with zero attached hydrogens (tertiary/aromatic N) is 2. The Hall–Kier alpha value is -2.31. The van der Waals surface area contributed by atoms with Crippen molar-refractivity contribution in [3.63, 3.8) is 0 Å². The zero-order valence-corrected chi connectivity index (χ0v) is 12.8. The van der Waals surface area contributed by atoms with Crippen LogP contribution >= 0.6 is 11.6 Å². The molecule has 3 aromatic rings. The highest BCUT2D eigenvalue weighted by atomic mass is 35.5. The van der Waals surface area contributed by atoms with E-state index in [2.05, 4.69) is 4.98 Å². The second kappa shape index (κ2) is 5.72. The maximum absolute atomic E-state index is 13.5. The number of benzene rings is 2. The van der Waals surface area contributed by atoms with Gasteiger partial charge >= 0.3 is 0 Å². The van der Waals surface area contributed by atoms with E-state index in [0.717, 1.165) is 22.8 Å². The number of hydrogen-bond donors (Lipinski definition) is 1. The fraction of sp³-hybridized carbons (Fsp3) is 0.125. The lowest BCUT2D eigenvalue weighted by atomic mass is 10.2. The van der Waals surface area contributed by atoms with E-state index in [1.54, 1.807) is 25.1 Å². The highest BCUT2D eigenvalue weighted by Crippen LogP contribution is 2.22. The third kappa shape index (κ3) is 2.71. The predicted octanol–water partition coefficient (Wildman–Crippen LogP) is 3.34. The molecule has 1 unspecified atom stereocenters. The fourth-order valence-corrected chi connectivity index (χ4v) is 2.68. The molecule has 0 aliphatic heterocycles. The van der Waals surface area contributed by atoms with Crippen molar-refractivity contribution in [1.29, 1.82) is 0 Å². The molecule has 7 heteroatoms. The number of nitrogens with two attached hydrogens (primary N) is 1. The van der Waals surface area contributed by atoms with Gasteiger partial charge in [0.25, 0.3) is 5.56 Å². The summed E-state index contributed by atoms with van der Waals surface area (Å²) in [7, 11) is 0. The van der Waals surface area contributed by atoms with Gasteiger partial charge < -0.3 is 5.73 Å². The van der Waals surface area contributed by atoms with E-state index in [1.165, 1.54) is 0 Å². The molecule has 0 bridgehead atoms. The average molecular weight is 336 g/mol. The highest BCUT2D eigenvalue weighted by molar-refractivity contribution is 6.35. The molecule has 3 rings (SSSR count). The normalized spacial score (nSPS) is 12.6. The summed E-state index contributed by atoms with van der Waals surface area (Å²) in [4.78, 5) is 17.2. The first-order valence-electron chi connectivity index (χ1n) is 6.81. The first-order valence-corrected chi connectivity index (χ1v) is 7.19. The van der Waals surface area contributed by atoms with E-state index in [0.29, 0.717) is 5.52 Å². The van der Waals surface area contributed by atoms with Crippen LogP contribution in [0.5, 0.6) is 0 Å². The molecule has 0 aliphatic rings. The Labute approximate surface area is 135 Å². The van der Waals surface area contributed by atoms with Gasteiger partial charge in [-0.3, -0.25) is 9.36 Å². The van der Waals surface area contributed by atoms with Gasteiger partial charge in [-0.1, -0.05) is 17.7 Å². The number of hydrogen-bond acceptors (Lipinski definition) is 3. The predicted molar refractivity (Wildman–Crippen MR) is 84.9 cm³/mol. The minimum absolute atomic E-state index is 0.00844. The number of fused-ring (bicyclic) bond motifs is 1. The van der Waals surface area contributed by atoms with Crippen LogP contribution < -0.4 is 11.3 Å². The minimum Gasteiger partial charge on any atom is -0.322 e. The van der Waals surface area contributed by atoms with Gasteiger partial charge in [-0.25, -0.2) is 13.8 Å².